The van der Waals surface area contributed by atoms with Crippen molar-refractivity contribution >= 4 is 11.8 Å². The fourth-order valence-electron chi connectivity index (χ4n) is 3.00. The molecule has 0 bridgehead atoms. The van der Waals surface area contributed by atoms with Crippen LogP contribution in [0, 0.1) is 0 Å². The molecule has 26 heavy (non-hydrogen) atoms. The smallest absolute Gasteiger partial charge is 0.257 e. The van der Waals surface area contributed by atoms with Crippen LogP contribution in [0.5, 0.6) is 0 Å². The Kier molecular flexibility index (Phi) is 6.44. The molecule has 1 aromatic carbocycles. The van der Waals surface area contributed by atoms with Crippen molar-refractivity contribution in [1.82, 2.24) is 10.2 Å². The lowest BCUT2D eigenvalue weighted by molar-refractivity contribution is -0.121. The highest BCUT2D eigenvalue weighted by Crippen LogP contribution is 2.15. The maximum Gasteiger partial charge on any atom is 0.257 e. The summed E-state index contributed by atoms with van der Waals surface area (Å²) in [6.07, 6.45) is 5.15. The van der Waals surface area contributed by atoms with Crippen LogP contribution in [0.1, 0.15) is 35.2 Å². The number of nitrogens with zero attached hydrogens (tertiary/aromatic N) is 1. The van der Waals surface area contributed by atoms with E-state index in [1.165, 1.54) is 12.5 Å². The molecule has 6 nitrogen and oxygen atoms in total. The van der Waals surface area contributed by atoms with E-state index in [0.29, 0.717) is 25.2 Å². The highest BCUT2D eigenvalue weighted by Gasteiger charge is 2.24. The van der Waals surface area contributed by atoms with E-state index in [4.69, 9.17) is 9.15 Å². The number of amides is 2. The number of benzene rings is 1. The first-order chi connectivity index (χ1) is 12.7. The number of nitrogens with one attached hydrogen (secondary N) is 1. The Morgan fingerprint density at radius 2 is 2.04 bits per heavy atom. The van der Waals surface area contributed by atoms with Gasteiger partial charge in [-0.3, -0.25) is 9.59 Å². The molecule has 1 fully saturated rings. The van der Waals surface area contributed by atoms with Gasteiger partial charge in [0.05, 0.1) is 17.9 Å². The Hall–Kier alpha value is -2.60. The van der Waals surface area contributed by atoms with Gasteiger partial charge in [-0.25, -0.2) is 0 Å². The zero-order valence-corrected chi connectivity index (χ0v) is 14.7. The van der Waals surface area contributed by atoms with E-state index >= 15 is 0 Å². The molecular formula is C20H24N2O4. The predicted octanol–water partition coefficient (Wildman–Crippen LogP) is 2.61. The van der Waals surface area contributed by atoms with E-state index in [9.17, 15) is 9.59 Å². The molecule has 0 aliphatic carbocycles. The minimum Gasteiger partial charge on any atom is -0.472 e. The number of carbonyl (C=O) groups excluding carboxylic acids is 2. The third-order valence-corrected chi connectivity index (χ3v) is 4.44. The van der Waals surface area contributed by atoms with Gasteiger partial charge in [0.25, 0.3) is 5.91 Å². The lowest BCUT2D eigenvalue weighted by Gasteiger charge is -2.25. The van der Waals surface area contributed by atoms with Gasteiger partial charge in [-0.05, 0) is 24.5 Å². The van der Waals surface area contributed by atoms with E-state index in [2.05, 4.69) is 5.32 Å². The topological polar surface area (TPSA) is 71.8 Å². The molecule has 1 atom stereocenters. The summed E-state index contributed by atoms with van der Waals surface area (Å²) in [5, 5.41) is 2.89. The van der Waals surface area contributed by atoms with Gasteiger partial charge in [0, 0.05) is 32.7 Å². The maximum absolute atomic E-state index is 12.7. The van der Waals surface area contributed by atoms with Crippen molar-refractivity contribution in [2.45, 2.75) is 31.9 Å². The lowest BCUT2D eigenvalue weighted by Crippen LogP contribution is -2.39. The average molecular weight is 356 g/mol. The minimum atomic E-state index is -0.134. The molecule has 6 heteroatoms. The molecule has 1 aliphatic rings. The first-order valence-electron chi connectivity index (χ1n) is 8.96. The summed E-state index contributed by atoms with van der Waals surface area (Å²) in [6, 6.07) is 11.4. The first kappa shape index (κ1) is 18.2. The van der Waals surface area contributed by atoms with Crippen LogP contribution >= 0.6 is 0 Å². The minimum absolute atomic E-state index is 0.0400. The molecule has 0 saturated carbocycles. The van der Waals surface area contributed by atoms with E-state index in [1.807, 2.05) is 30.3 Å². The Morgan fingerprint density at radius 3 is 2.73 bits per heavy atom. The summed E-state index contributed by atoms with van der Waals surface area (Å²) >= 11 is 0. The highest BCUT2D eigenvalue weighted by molar-refractivity contribution is 5.94. The van der Waals surface area contributed by atoms with Crippen molar-refractivity contribution in [2.75, 3.05) is 19.7 Å². The van der Waals surface area contributed by atoms with Crippen LogP contribution in [0.3, 0.4) is 0 Å². The van der Waals surface area contributed by atoms with Crippen molar-refractivity contribution in [1.29, 1.82) is 0 Å². The molecule has 1 saturated heterocycles. The summed E-state index contributed by atoms with van der Waals surface area (Å²) in [6.45, 7) is 2.07. The normalized spacial score (nSPS) is 16.4. The summed E-state index contributed by atoms with van der Waals surface area (Å²) in [5.41, 5.74) is 1.54. The van der Waals surface area contributed by atoms with E-state index < -0.39 is 0 Å². The largest absolute Gasteiger partial charge is 0.472 e. The van der Waals surface area contributed by atoms with Gasteiger partial charge in [0.1, 0.15) is 6.26 Å². The fourth-order valence-corrected chi connectivity index (χ4v) is 3.00. The third-order valence-electron chi connectivity index (χ3n) is 4.44. The number of carbonyl (C=O) groups is 2. The highest BCUT2D eigenvalue weighted by atomic mass is 16.5. The Morgan fingerprint density at radius 1 is 1.19 bits per heavy atom. The summed E-state index contributed by atoms with van der Waals surface area (Å²) in [4.78, 5) is 26.5. The van der Waals surface area contributed by atoms with Crippen LogP contribution in [-0.2, 0) is 16.1 Å². The molecule has 0 radical (unpaired) electrons. The van der Waals surface area contributed by atoms with Crippen LogP contribution in [0.2, 0.25) is 0 Å². The molecule has 2 aromatic rings. The molecule has 1 N–H and O–H groups in total. The number of hydrogen-bond acceptors (Lipinski definition) is 4. The average Bonchev–Trinajstić information content (AvgIpc) is 3.37. The monoisotopic (exact) mass is 356 g/mol. The molecule has 0 spiro atoms. The second kappa shape index (κ2) is 9.20. The Bertz CT molecular complexity index is 694. The van der Waals surface area contributed by atoms with E-state index in [0.717, 1.165) is 25.0 Å². The van der Waals surface area contributed by atoms with E-state index in [1.54, 1.807) is 11.0 Å². The van der Waals surface area contributed by atoms with Gasteiger partial charge >= 0.3 is 0 Å². The molecule has 0 unspecified atom stereocenters. The second-order valence-electron chi connectivity index (χ2n) is 6.41. The number of ether oxygens (including phenoxy) is 1. The summed E-state index contributed by atoms with van der Waals surface area (Å²) in [7, 11) is 0. The van der Waals surface area contributed by atoms with Crippen molar-refractivity contribution in [2.24, 2.45) is 0 Å². The Balaban J connectivity index is 1.52. The molecule has 138 valence electrons. The number of rotatable bonds is 8. The van der Waals surface area contributed by atoms with Crippen molar-refractivity contribution in [3.05, 3.63) is 60.1 Å². The van der Waals surface area contributed by atoms with Crippen LogP contribution in [0.15, 0.2) is 53.3 Å². The zero-order chi connectivity index (χ0) is 18.2. The van der Waals surface area contributed by atoms with Crippen molar-refractivity contribution < 1.29 is 18.7 Å². The van der Waals surface area contributed by atoms with Crippen LogP contribution in [-0.4, -0.2) is 42.5 Å². The van der Waals surface area contributed by atoms with Crippen LogP contribution in [0.25, 0.3) is 0 Å². The van der Waals surface area contributed by atoms with Crippen LogP contribution < -0.4 is 5.32 Å². The summed E-state index contributed by atoms with van der Waals surface area (Å²) < 4.78 is 10.7. The molecule has 1 aromatic heterocycles. The van der Waals surface area contributed by atoms with Gasteiger partial charge in [0.15, 0.2) is 0 Å². The lowest BCUT2D eigenvalue weighted by atomic mass is 10.2. The number of hydrogen-bond donors (Lipinski definition) is 1. The third kappa shape index (κ3) is 5.20. The predicted molar refractivity (Wildman–Crippen MR) is 96.5 cm³/mol. The van der Waals surface area contributed by atoms with Gasteiger partial charge in [-0.15, -0.1) is 0 Å². The Labute approximate surface area is 153 Å². The van der Waals surface area contributed by atoms with E-state index in [-0.39, 0.29) is 24.3 Å². The van der Waals surface area contributed by atoms with Gasteiger partial charge in [-0.1, -0.05) is 30.3 Å². The quantitative estimate of drug-likeness (QED) is 0.789. The summed E-state index contributed by atoms with van der Waals surface area (Å²) in [5.74, 6) is -0.212. The number of furan rings is 1. The standard InChI is InChI=1S/C20H24N2O4/c23-19(21-13-16-5-2-1-3-6-16)8-10-22(14-18-7-4-11-26-18)20(24)17-9-12-25-15-17/h1-3,5-6,9,12,15,18H,4,7-8,10-11,13-14H2,(H,21,23)/t18-/m0/s1. The van der Waals surface area contributed by atoms with Crippen molar-refractivity contribution in [3.8, 4) is 0 Å². The van der Waals surface area contributed by atoms with Crippen molar-refractivity contribution in [3.63, 3.8) is 0 Å². The van der Waals surface area contributed by atoms with Crippen LogP contribution in [0.4, 0.5) is 0 Å². The molecular weight excluding hydrogens is 332 g/mol. The second-order valence-corrected chi connectivity index (χ2v) is 6.41. The van der Waals surface area contributed by atoms with Gasteiger partial charge in [0.2, 0.25) is 5.91 Å². The van der Waals surface area contributed by atoms with Gasteiger partial charge in [-0.2, -0.15) is 0 Å². The molecule has 1 aliphatic heterocycles. The maximum atomic E-state index is 12.7. The molecule has 3 rings (SSSR count). The fraction of sp³-hybridized carbons (Fsp3) is 0.400. The SMILES string of the molecule is O=C(CCN(C[C@@H]1CCCO1)C(=O)c1ccoc1)NCc1ccccc1. The van der Waals surface area contributed by atoms with Gasteiger partial charge < -0.3 is 19.4 Å². The zero-order valence-electron chi connectivity index (χ0n) is 14.7. The molecule has 2 amide bonds. The first-order valence-corrected chi connectivity index (χ1v) is 8.96. The molecule has 2 heterocycles.